The highest BCUT2D eigenvalue weighted by molar-refractivity contribution is 5.98. The number of carbonyl (C=O) groups is 2. The van der Waals surface area contributed by atoms with E-state index in [1.54, 1.807) is 19.1 Å². The van der Waals surface area contributed by atoms with Crippen molar-refractivity contribution in [1.82, 2.24) is 14.6 Å². The number of aliphatic carboxylic acids is 1. The molecule has 3 rings (SSSR count). The number of rotatable bonds is 3. The van der Waals surface area contributed by atoms with E-state index in [1.165, 1.54) is 4.90 Å². The van der Waals surface area contributed by atoms with Gasteiger partial charge >= 0.3 is 5.97 Å². The summed E-state index contributed by atoms with van der Waals surface area (Å²) in [6.45, 7) is 5.99. The molecule has 0 saturated carbocycles. The van der Waals surface area contributed by atoms with Crippen molar-refractivity contribution in [3.05, 3.63) is 34.8 Å². The summed E-state index contributed by atoms with van der Waals surface area (Å²) in [6.07, 6.45) is 1.21. The van der Waals surface area contributed by atoms with Gasteiger partial charge in [-0.25, -0.2) is 4.79 Å². The third kappa shape index (κ3) is 2.52. The molecule has 0 aliphatic carbocycles. The number of carbonyl (C=O) groups excluding carboxylic acids is 1. The number of carboxylic acid groups (broad SMARTS) is 1. The van der Waals surface area contributed by atoms with Gasteiger partial charge in [0.05, 0.1) is 5.56 Å². The van der Waals surface area contributed by atoms with Crippen LogP contribution < -0.4 is 0 Å². The van der Waals surface area contributed by atoms with Crippen molar-refractivity contribution >= 4 is 11.9 Å². The highest BCUT2D eigenvalue weighted by Crippen LogP contribution is 2.25. The summed E-state index contributed by atoms with van der Waals surface area (Å²) in [5, 5.41) is 13.3. The van der Waals surface area contributed by atoms with Gasteiger partial charge in [-0.3, -0.25) is 9.36 Å². The average molecular weight is 317 g/mol. The van der Waals surface area contributed by atoms with E-state index in [9.17, 15) is 14.7 Å². The first-order valence-electron chi connectivity index (χ1n) is 7.56. The minimum atomic E-state index is -0.947. The Bertz CT molecular complexity index is 774. The monoisotopic (exact) mass is 317 g/mol. The minimum absolute atomic E-state index is 0.241. The molecule has 2 aromatic heterocycles. The van der Waals surface area contributed by atoms with Crippen molar-refractivity contribution in [2.45, 2.75) is 39.7 Å². The second kappa shape index (κ2) is 5.57. The molecule has 1 amide bonds. The van der Waals surface area contributed by atoms with Gasteiger partial charge in [0.15, 0.2) is 5.82 Å². The van der Waals surface area contributed by atoms with E-state index in [0.717, 1.165) is 11.4 Å². The maximum absolute atomic E-state index is 12.8. The van der Waals surface area contributed by atoms with Crippen LogP contribution in [0.3, 0.4) is 0 Å². The fourth-order valence-corrected chi connectivity index (χ4v) is 3.21. The number of likely N-dealkylation sites (tertiary alicyclic amines) is 1. The molecule has 3 heterocycles. The summed E-state index contributed by atoms with van der Waals surface area (Å²) >= 11 is 0. The van der Waals surface area contributed by atoms with Crippen molar-refractivity contribution in [2.24, 2.45) is 0 Å². The summed E-state index contributed by atoms with van der Waals surface area (Å²) in [5.41, 5.74) is 2.10. The molecule has 1 aliphatic heterocycles. The Hall–Kier alpha value is -2.57. The summed E-state index contributed by atoms with van der Waals surface area (Å²) in [5.74, 6) is 0.116. The molecular weight excluding hydrogens is 298 g/mol. The molecular formula is C16H19N3O4. The fourth-order valence-electron chi connectivity index (χ4n) is 3.21. The van der Waals surface area contributed by atoms with Gasteiger partial charge in [0.25, 0.3) is 5.91 Å². The molecule has 23 heavy (non-hydrogen) atoms. The van der Waals surface area contributed by atoms with E-state index in [0.29, 0.717) is 36.5 Å². The lowest BCUT2D eigenvalue weighted by atomic mass is 10.2. The van der Waals surface area contributed by atoms with Crippen molar-refractivity contribution < 1.29 is 19.2 Å². The van der Waals surface area contributed by atoms with Gasteiger partial charge in [-0.1, -0.05) is 5.16 Å². The Morgan fingerprint density at radius 2 is 2.04 bits per heavy atom. The molecule has 1 aliphatic rings. The standard InChI is InChI=1S/C16H19N3O4/c1-9-7-12(11(3)19(9)14-8-10(2)23-17-14)15(20)18-6-4-5-13(18)16(21)22/h7-8,13H,4-6H2,1-3H3,(H,21,22). The van der Waals surface area contributed by atoms with E-state index in [4.69, 9.17) is 4.52 Å². The van der Waals surface area contributed by atoms with Gasteiger partial charge in [-0.2, -0.15) is 0 Å². The van der Waals surface area contributed by atoms with Crippen LogP contribution in [0.5, 0.6) is 0 Å². The topological polar surface area (TPSA) is 88.6 Å². The molecule has 0 radical (unpaired) electrons. The van der Waals surface area contributed by atoms with Crippen LogP contribution in [-0.4, -0.2) is 44.2 Å². The highest BCUT2D eigenvalue weighted by atomic mass is 16.5. The van der Waals surface area contributed by atoms with Crippen molar-refractivity contribution in [3.63, 3.8) is 0 Å². The van der Waals surface area contributed by atoms with E-state index >= 15 is 0 Å². The van der Waals surface area contributed by atoms with Crippen LogP contribution in [0.15, 0.2) is 16.7 Å². The minimum Gasteiger partial charge on any atom is -0.480 e. The number of hydrogen-bond donors (Lipinski definition) is 1. The SMILES string of the molecule is Cc1cc(-n2c(C)cc(C(=O)N3CCCC3C(=O)O)c2C)no1. The van der Waals surface area contributed by atoms with Crippen molar-refractivity contribution in [1.29, 1.82) is 0 Å². The molecule has 1 fully saturated rings. The lowest BCUT2D eigenvalue weighted by molar-refractivity contribution is -0.141. The molecule has 122 valence electrons. The second-order valence-corrected chi connectivity index (χ2v) is 5.91. The largest absolute Gasteiger partial charge is 0.480 e. The fraction of sp³-hybridized carbons (Fsp3) is 0.438. The second-order valence-electron chi connectivity index (χ2n) is 5.91. The Morgan fingerprint density at radius 1 is 1.30 bits per heavy atom. The summed E-state index contributed by atoms with van der Waals surface area (Å²) in [4.78, 5) is 25.5. The Morgan fingerprint density at radius 3 is 2.65 bits per heavy atom. The smallest absolute Gasteiger partial charge is 0.326 e. The number of nitrogens with zero attached hydrogens (tertiary/aromatic N) is 3. The van der Waals surface area contributed by atoms with Gasteiger partial charge in [0.1, 0.15) is 11.8 Å². The molecule has 1 atom stereocenters. The number of aromatic nitrogens is 2. The van der Waals surface area contributed by atoms with E-state index in [2.05, 4.69) is 5.16 Å². The highest BCUT2D eigenvalue weighted by Gasteiger charge is 2.35. The molecule has 1 unspecified atom stereocenters. The zero-order valence-electron chi connectivity index (χ0n) is 13.4. The molecule has 0 spiro atoms. The first-order valence-corrected chi connectivity index (χ1v) is 7.56. The van der Waals surface area contributed by atoms with Gasteiger partial charge in [0, 0.05) is 24.0 Å². The molecule has 7 heteroatoms. The van der Waals surface area contributed by atoms with Crippen LogP contribution in [0.4, 0.5) is 0 Å². The van der Waals surface area contributed by atoms with Crippen LogP contribution >= 0.6 is 0 Å². The normalized spacial score (nSPS) is 17.7. The molecule has 1 N–H and O–H groups in total. The lowest BCUT2D eigenvalue weighted by Gasteiger charge is -2.21. The first-order chi connectivity index (χ1) is 10.9. The maximum atomic E-state index is 12.8. The van der Waals surface area contributed by atoms with Crippen LogP contribution in [0.25, 0.3) is 5.82 Å². The molecule has 2 aromatic rings. The van der Waals surface area contributed by atoms with E-state index < -0.39 is 12.0 Å². The third-order valence-electron chi connectivity index (χ3n) is 4.30. The average Bonchev–Trinajstić information content (AvgIpc) is 3.18. The van der Waals surface area contributed by atoms with Crippen molar-refractivity contribution in [3.8, 4) is 5.82 Å². The van der Waals surface area contributed by atoms with Gasteiger partial charge < -0.3 is 14.5 Å². The quantitative estimate of drug-likeness (QED) is 0.936. The Labute approximate surface area is 133 Å². The third-order valence-corrected chi connectivity index (χ3v) is 4.30. The number of carboxylic acids is 1. The molecule has 1 saturated heterocycles. The predicted octanol–water partition coefficient (Wildman–Crippen LogP) is 2.08. The number of aryl methyl sites for hydroxylation is 2. The zero-order valence-corrected chi connectivity index (χ0v) is 13.4. The number of hydrogen-bond acceptors (Lipinski definition) is 4. The van der Waals surface area contributed by atoms with Gasteiger partial charge in [0.2, 0.25) is 0 Å². The number of amides is 1. The maximum Gasteiger partial charge on any atom is 0.326 e. The Balaban J connectivity index is 1.98. The summed E-state index contributed by atoms with van der Waals surface area (Å²) < 4.78 is 6.95. The van der Waals surface area contributed by atoms with Crippen LogP contribution in [0, 0.1) is 20.8 Å². The molecule has 7 nitrogen and oxygen atoms in total. The van der Waals surface area contributed by atoms with Crippen LogP contribution in [-0.2, 0) is 4.79 Å². The van der Waals surface area contributed by atoms with Gasteiger partial charge in [-0.05, 0) is 39.7 Å². The van der Waals surface area contributed by atoms with Crippen molar-refractivity contribution in [2.75, 3.05) is 6.54 Å². The summed E-state index contributed by atoms with van der Waals surface area (Å²) in [6, 6.07) is 2.84. The molecule has 0 aromatic carbocycles. The predicted molar refractivity (Wildman–Crippen MR) is 81.7 cm³/mol. The van der Waals surface area contributed by atoms with E-state index in [-0.39, 0.29) is 5.91 Å². The first kappa shape index (κ1) is 15.3. The zero-order chi connectivity index (χ0) is 16.7. The van der Waals surface area contributed by atoms with Crippen LogP contribution in [0.1, 0.15) is 40.3 Å². The van der Waals surface area contributed by atoms with Crippen LogP contribution in [0.2, 0.25) is 0 Å². The lowest BCUT2D eigenvalue weighted by Crippen LogP contribution is -2.40. The summed E-state index contributed by atoms with van der Waals surface area (Å²) in [7, 11) is 0. The Kier molecular flexibility index (Phi) is 3.71. The van der Waals surface area contributed by atoms with E-state index in [1.807, 2.05) is 18.4 Å². The van der Waals surface area contributed by atoms with Gasteiger partial charge in [-0.15, -0.1) is 0 Å². The molecule has 0 bridgehead atoms.